The second-order valence-electron chi connectivity index (χ2n) is 4.02. The molecule has 1 aromatic rings. The van der Waals surface area contributed by atoms with Crippen molar-refractivity contribution in [3.8, 4) is 0 Å². The SMILES string of the molecule is CC(C)C(C)Cc1ccccc1Cl. The lowest BCUT2D eigenvalue weighted by atomic mass is 9.91. The monoisotopic (exact) mass is 196 g/mol. The minimum Gasteiger partial charge on any atom is -0.0840 e. The Kier molecular flexibility index (Phi) is 3.80. The van der Waals surface area contributed by atoms with Gasteiger partial charge in [0.15, 0.2) is 0 Å². The van der Waals surface area contributed by atoms with Crippen LogP contribution in [0.3, 0.4) is 0 Å². The molecule has 0 spiro atoms. The van der Waals surface area contributed by atoms with Gasteiger partial charge in [0.25, 0.3) is 0 Å². The molecule has 0 N–H and O–H groups in total. The lowest BCUT2D eigenvalue weighted by Crippen LogP contribution is -2.07. The summed E-state index contributed by atoms with van der Waals surface area (Å²) in [6.45, 7) is 6.77. The summed E-state index contributed by atoms with van der Waals surface area (Å²) in [7, 11) is 0. The Morgan fingerprint density at radius 2 is 1.77 bits per heavy atom. The van der Waals surface area contributed by atoms with E-state index in [4.69, 9.17) is 11.6 Å². The van der Waals surface area contributed by atoms with Crippen LogP contribution in [0.2, 0.25) is 5.02 Å². The molecule has 13 heavy (non-hydrogen) atoms. The highest BCUT2D eigenvalue weighted by atomic mass is 35.5. The van der Waals surface area contributed by atoms with Gasteiger partial charge in [-0.05, 0) is 29.9 Å². The molecule has 0 radical (unpaired) electrons. The van der Waals surface area contributed by atoms with Crippen LogP contribution >= 0.6 is 11.6 Å². The van der Waals surface area contributed by atoms with E-state index in [1.165, 1.54) is 5.56 Å². The van der Waals surface area contributed by atoms with Gasteiger partial charge in [-0.3, -0.25) is 0 Å². The maximum atomic E-state index is 6.07. The van der Waals surface area contributed by atoms with Crippen molar-refractivity contribution in [1.82, 2.24) is 0 Å². The van der Waals surface area contributed by atoms with Gasteiger partial charge in [-0.15, -0.1) is 0 Å². The molecule has 0 saturated carbocycles. The van der Waals surface area contributed by atoms with Crippen molar-refractivity contribution in [3.05, 3.63) is 34.9 Å². The van der Waals surface area contributed by atoms with Gasteiger partial charge in [0.1, 0.15) is 0 Å². The van der Waals surface area contributed by atoms with E-state index in [1.807, 2.05) is 18.2 Å². The van der Waals surface area contributed by atoms with Gasteiger partial charge in [0.05, 0.1) is 0 Å². The van der Waals surface area contributed by atoms with E-state index in [9.17, 15) is 0 Å². The summed E-state index contributed by atoms with van der Waals surface area (Å²) < 4.78 is 0. The zero-order chi connectivity index (χ0) is 9.84. The second kappa shape index (κ2) is 4.66. The number of hydrogen-bond acceptors (Lipinski definition) is 0. The van der Waals surface area contributed by atoms with Crippen molar-refractivity contribution in [3.63, 3.8) is 0 Å². The predicted octanol–water partition coefficient (Wildman–Crippen LogP) is 4.17. The van der Waals surface area contributed by atoms with E-state index in [2.05, 4.69) is 26.8 Å². The van der Waals surface area contributed by atoms with E-state index in [-0.39, 0.29) is 0 Å². The average molecular weight is 197 g/mol. The molecule has 0 fully saturated rings. The zero-order valence-corrected chi connectivity index (χ0v) is 9.31. The molecular formula is C12H17Cl. The highest BCUT2D eigenvalue weighted by Gasteiger charge is 2.09. The number of halogens is 1. The first-order valence-electron chi connectivity index (χ1n) is 4.84. The Hall–Kier alpha value is -0.490. The lowest BCUT2D eigenvalue weighted by molar-refractivity contribution is 0.417. The van der Waals surface area contributed by atoms with Crippen molar-refractivity contribution in [2.24, 2.45) is 11.8 Å². The van der Waals surface area contributed by atoms with E-state index in [1.54, 1.807) is 0 Å². The van der Waals surface area contributed by atoms with Crippen LogP contribution in [0.4, 0.5) is 0 Å². The summed E-state index contributed by atoms with van der Waals surface area (Å²) >= 11 is 6.07. The molecule has 0 aliphatic rings. The molecule has 0 saturated heterocycles. The van der Waals surface area contributed by atoms with Crippen LogP contribution in [0.15, 0.2) is 24.3 Å². The molecule has 1 atom stereocenters. The topological polar surface area (TPSA) is 0 Å². The quantitative estimate of drug-likeness (QED) is 0.681. The fourth-order valence-electron chi connectivity index (χ4n) is 1.25. The zero-order valence-electron chi connectivity index (χ0n) is 8.55. The van der Waals surface area contributed by atoms with Crippen LogP contribution in [-0.2, 0) is 6.42 Å². The Labute approximate surface area is 85.9 Å². The van der Waals surface area contributed by atoms with Crippen molar-refractivity contribution in [2.75, 3.05) is 0 Å². The molecule has 72 valence electrons. The van der Waals surface area contributed by atoms with Gasteiger partial charge in [0, 0.05) is 5.02 Å². The van der Waals surface area contributed by atoms with E-state index in [0.717, 1.165) is 17.4 Å². The third-order valence-corrected chi connectivity index (χ3v) is 3.01. The third-order valence-electron chi connectivity index (χ3n) is 2.64. The predicted molar refractivity (Wildman–Crippen MR) is 59.2 cm³/mol. The van der Waals surface area contributed by atoms with Crippen molar-refractivity contribution in [1.29, 1.82) is 0 Å². The van der Waals surface area contributed by atoms with Crippen molar-refractivity contribution in [2.45, 2.75) is 27.2 Å². The molecule has 1 rings (SSSR count). The standard InChI is InChI=1S/C12H17Cl/c1-9(2)10(3)8-11-6-4-5-7-12(11)13/h4-7,9-10H,8H2,1-3H3. The third kappa shape index (κ3) is 3.04. The summed E-state index contributed by atoms with van der Waals surface area (Å²) in [4.78, 5) is 0. The van der Waals surface area contributed by atoms with Crippen LogP contribution in [0.25, 0.3) is 0 Å². The lowest BCUT2D eigenvalue weighted by Gasteiger charge is -2.15. The van der Waals surface area contributed by atoms with Crippen LogP contribution in [-0.4, -0.2) is 0 Å². The smallest absolute Gasteiger partial charge is 0.0438 e. The molecule has 0 bridgehead atoms. The molecule has 0 aliphatic heterocycles. The van der Waals surface area contributed by atoms with Crippen LogP contribution in [0.5, 0.6) is 0 Å². The van der Waals surface area contributed by atoms with E-state index >= 15 is 0 Å². The van der Waals surface area contributed by atoms with Crippen molar-refractivity contribution < 1.29 is 0 Å². The number of benzene rings is 1. The van der Waals surface area contributed by atoms with E-state index in [0.29, 0.717) is 5.92 Å². The normalized spacial score (nSPS) is 13.3. The Balaban J connectivity index is 2.69. The second-order valence-corrected chi connectivity index (χ2v) is 4.42. The molecule has 0 aromatic heterocycles. The molecule has 1 heteroatoms. The largest absolute Gasteiger partial charge is 0.0840 e. The summed E-state index contributed by atoms with van der Waals surface area (Å²) in [5.41, 5.74) is 1.27. The first kappa shape index (κ1) is 10.6. The molecule has 0 nitrogen and oxygen atoms in total. The molecular weight excluding hydrogens is 180 g/mol. The highest BCUT2D eigenvalue weighted by Crippen LogP contribution is 2.22. The molecule has 1 unspecified atom stereocenters. The van der Waals surface area contributed by atoms with Gasteiger partial charge in [-0.25, -0.2) is 0 Å². The van der Waals surface area contributed by atoms with Crippen molar-refractivity contribution >= 4 is 11.6 Å². The average Bonchev–Trinajstić information content (AvgIpc) is 2.08. The maximum absolute atomic E-state index is 6.07. The van der Waals surface area contributed by atoms with Gasteiger partial charge in [0.2, 0.25) is 0 Å². The Morgan fingerprint density at radius 3 is 2.31 bits per heavy atom. The molecule has 0 amide bonds. The van der Waals surface area contributed by atoms with Crippen LogP contribution in [0.1, 0.15) is 26.3 Å². The number of hydrogen-bond donors (Lipinski definition) is 0. The highest BCUT2D eigenvalue weighted by molar-refractivity contribution is 6.31. The summed E-state index contributed by atoms with van der Waals surface area (Å²) in [6.07, 6.45) is 1.08. The summed E-state index contributed by atoms with van der Waals surface area (Å²) in [6, 6.07) is 8.10. The minimum atomic E-state index is 0.694. The first-order chi connectivity index (χ1) is 6.11. The van der Waals surface area contributed by atoms with Crippen LogP contribution in [0, 0.1) is 11.8 Å². The first-order valence-corrected chi connectivity index (χ1v) is 5.22. The van der Waals surface area contributed by atoms with Gasteiger partial charge in [-0.1, -0.05) is 50.6 Å². The van der Waals surface area contributed by atoms with Crippen LogP contribution < -0.4 is 0 Å². The fraction of sp³-hybridized carbons (Fsp3) is 0.500. The molecule has 0 aliphatic carbocycles. The maximum Gasteiger partial charge on any atom is 0.0438 e. The van der Waals surface area contributed by atoms with Gasteiger partial charge >= 0.3 is 0 Å². The summed E-state index contributed by atoms with van der Waals surface area (Å²) in [5, 5.41) is 0.898. The molecule has 1 aromatic carbocycles. The minimum absolute atomic E-state index is 0.694. The summed E-state index contributed by atoms with van der Waals surface area (Å²) in [5.74, 6) is 1.41. The number of rotatable bonds is 3. The Bertz CT molecular complexity index is 266. The Morgan fingerprint density at radius 1 is 1.15 bits per heavy atom. The van der Waals surface area contributed by atoms with Gasteiger partial charge < -0.3 is 0 Å². The van der Waals surface area contributed by atoms with E-state index < -0.39 is 0 Å². The van der Waals surface area contributed by atoms with Gasteiger partial charge in [-0.2, -0.15) is 0 Å². The molecule has 0 heterocycles. The fourth-order valence-corrected chi connectivity index (χ4v) is 1.46.